The van der Waals surface area contributed by atoms with Gasteiger partial charge in [-0.15, -0.1) is 0 Å². The van der Waals surface area contributed by atoms with Crippen molar-refractivity contribution < 1.29 is 4.79 Å². The lowest BCUT2D eigenvalue weighted by Crippen LogP contribution is -2.49. The number of nitrogens with one attached hydrogen (secondary N) is 3. The maximum atomic E-state index is 11.9. The molecule has 0 radical (unpaired) electrons. The number of rotatable bonds is 3. The van der Waals surface area contributed by atoms with Gasteiger partial charge in [-0.2, -0.15) is 0 Å². The zero-order chi connectivity index (χ0) is 13.7. The van der Waals surface area contributed by atoms with Crippen LogP contribution in [0.1, 0.15) is 51.4 Å². The highest BCUT2D eigenvalue weighted by Crippen LogP contribution is 2.19. The van der Waals surface area contributed by atoms with E-state index >= 15 is 0 Å². The molecule has 0 saturated heterocycles. The highest BCUT2D eigenvalue weighted by Gasteiger charge is 2.23. The largest absolute Gasteiger partial charge is 0.335 e. The van der Waals surface area contributed by atoms with E-state index in [1.807, 2.05) is 7.05 Å². The van der Waals surface area contributed by atoms with Crippen molar-refractivity contribution in [2.24, 2.45) is 5.73 Å². The SMILES string of the molecule is CNC1CCC(NC(=O)NC2CCC(N)CC2)CC1. The number of nitrogens with two attached hydrogens (primary N) is 1. The molecule has 0 atom stereocenters. The second kappa shape index (κ2) is 7.10. The van der Waals surface area contributed by atoms with Gasteiger partial charge < -0.3 is 21.7 Å². The molecule has 2 saturated carbocycles. The molecule has 5 heteroatoms. The molecule has 0 bridgehead atoms. The van der Waals surface area contributed by atoms with E-state index in [1.165, 1.54) is 0 Å². The zero-order valence-electron chi connectivity index (χ0n) is 12.0. The summed E-state index contributed by atoms with van der Waals surface area (Å²) in [5, 5.41) is 9.51. The molecule has 19 heavy (non-hydrogen) atoms. The van der Waals surface area contributed by atoms with Crippen LogP contribution in [0.4, 0.5) is 4.79 Å². The number of urea groups is 1. The van der Waals surface area contributed by atoms with Gasteiger partial charge in [0.1, 0.15) is 0 Å². The van der Waals surface area contributed by atoms with E-state index in [2.05, 4.69) is 16.0 Å². The molecule has 2 rings (SSSR count). The fraction of sp³-hybridized carbons (Fsp3) is 0.929. The van der Waals surface area contributed by atoms with Crippen LogP contribution in [0.25, 0.3) is 0 Å². The van der Waals surface area contributed by atoms with Crippen LogP contribution in [-0.2, 0) is 0 Å². The van der Waals surface area contributed by atoms with Crippen molar-refractivity contribution in [3.8, 4) is 0 Å². The molecular weight excluding hydrogens is 240 g/mol. The number of amides is 2. The molecule has 5 N–H and O–H groups in total. The lowest BCUT2D eigenvalue weighted by atomic mass is 9.91. The maximum Gasteiger partial charge on any atom is 0.315 e. The number of hydrogen-bond acceptors (Lipinski definition) is 3. The molecule has 2 aliphatic rings. The first-order valence-electron chi connectivity index (χ1n) is 7.67. The maximum absolute atomic E-state index is 11.9. The summed E-state index contributed by atoms with van der Waals surface area (Å²) in [4.78, 5) is 11.9. The smallest absolute Gasteiger partial charge is 0.315 e. The van der Waals surface area contributed by atoms with Gasteiger partial charge in [0.05, 0.1) is 0 Å². The standard InChI is InChI=1S/C14H28N4O/c1-16-11-6-8-13(9-7-11)18-14(19)17-12-4-2-10(15)3-5-12/h10-13,16H,2-9,15H2,1H3,(H2,17,18,19). The van der Waals surface area contributed by atoms with Crippen LogP contribution >= 0.6 is 0 Å². The summed E-state index contributed by atoms with van der Waals surface area (Å²) < 4.78 is 0. The third-order valence-corrected chi connectivity index (χ3v) is 4.58. The molecule has 0 aliphatic heterocycles. The van der Waals surface area contributed by atoms with Crippen molar-refractivity contribution in [2.75, 3.05) is 7.05 Å². The highest BCUT2D eigenvalue weighted by molar-refractivity contribution is 5.74. The van der Waals surface area contributed by atoms with Gasteiger partial charge in [0.2, 0.25) is 0 Å². The van der Waals surface area contributed by atoms with Crippen LogP contribution < -0.4 is 21.7 Å². The molecule has 0 aromatic rings. The van der Waals surface area contributed by atoms with Gasteiger partial charge in [0.25, 0.3) is 0 Å². The van der Waals surface area contributed by atoms with E-state index in [0.29, 0.717) is 24.2 Å². The Kier molecular flexibility index (Phi) is 5.45. The van der Waals surface area contributed by atoms with E-state index in [1.54, 1.807) is 0 Å². The second-order valence-electron chi connectivity index (χ2n) is 6.07. The average Bonchev–Trinajstić information content (AvgIpc) is 2.42. The summed E-state index contributed by atoms with van der Waals surface area (Å²) in [6.45, 7) is 0. The first-order chi connectivity index (χ1) is 9.17. The predicted octanol–water partition coefficient (Wildman–Crippen LogP) is 1.09. The predicted molar refractivity (Wildman–Crippen MR) is 77.0 cm³/mol. The summed E-state index contributed by atoms with van der Waals surface area (Å²) in [6, 6.07) is 1.62. The van der Waals surface area contributed by atoms with Crippen LogP contribution in [-0.4, -0.2) is 37.2 Å². The van der Waals surface area contributed by atoms with Gasteiger partial charge in [0, 0.05) is 24.2 Å². The monoisotopic (exact) mass is 268 g/mol. The van der Waals surface area contributed by atoms with Gasteiger partial charge in [0.15, 0.2) is 0 Å². The molecule has 110 valence electrons. The van der Waals surface area contributed by atoms with E-state index in [-0.39, 0.29) is 6.03 Å². The molecular formula is C14H28N4O. The van der Waals surface area contributed by atoms with Crippen molar-refractivity contribution in [1.82, 2.24) is 16.0 Å². The van der Waals surface area contributed by atoms with E-state index < -0.39 is 0 Å². The Morgan fingerprint density at radius 2 is 1.26 bits per heavy atom. The van der Waals surface area contributed by atoms with Gasteiger partial charge in [-0.1, -0.05) is 0 Å². The Morgan fingerprint density at radius 1 is 0.842 bits per heavy atom. The van der Waals surface area contributed by atoms with Crippen molar-refractivity contribution in [1.29, 1.82) is 0 Å². The lowest BCUT2D eigenvalue weighted by Gasteiger charge is -2.31. The topological polar surface area (TPSA) is 79.2 Å². The number of hydrogen-bond donors (Lipinski definition) is 4. The third-order valence-electron chi connectivity index (χ3n) is 4.58. The molecule has 0 spiro atoms. The minimum absolute atomic E-state index is 0.00776. The van der Waals surface area contributed by atoms with Crippen molar-refractivity contribution in [2.45, 2.75) is 75.5 Å². The Bertz CT molecular complexity index is 281. The van der Waals surface area contributed by atoms with Crippen LogP contribution in [0.2, 0.25) is 0 Å². The van der Waals surface area contributed by atoms with Crippen LogP contribution in [0.15, 0.2) is 0 Å². The highest BCUT2D eigenvalue weighted by atomic mass is 16.2. The van der Waals surface area contributed by atoms with Gasteiger partial charge in [-0.3, -0.25) is 0 Å². The van der Waals surface area contributed by atoms with Gasteiger partial charge in [-0.05, 0) is 58.4 Å². The van der Waals surface area contributed by atoms with E-state index in [9.17, 15) is 4.79 Å². The normalized spacial score (nSPS) is 35.7. The summed E-state index contributed by atoms with van der Waals surface area (Å²) in [7, 11) is 2.01. The molecule has 0 aromatic carbocycles. The Hall–Kier alpha value is -0.810. The lowest BCUT2D eigenvalue weighted by molar-refractivity contribution is 0.221. The molecule has 5 nitrogen and oxygen atoms in total. The van der Waals surface area contributed by atoms with Crippen LogP contribution in [0.3, 0.4) is 0 Å². The second-order valence-corrected chi connectivity index (χ2v) is 6.07. The third kappa shape index (κ3) is 4.66. The Morgan fingerprint density at radius 3 is 1.74 bits per heavy atom. The molecule has 2 amide bonds. The van der Waals surface area contributed by atoms with E-state index in [4.69, 9.17) is 5.73 Å². The summed E-state index contributed by atoms with van der Waals surface area (Å²) in [6.07, 6.45) is 8.54. The van der Waals surface area contributed by atoms with Crippen LogP contribution in [0.5, 0.6) is 0 Å². The summed E-state index contributed by atoms with van der Waals surface area (Å²) >= 11 is 0. The van der Waals surface area contributed by atoms with Crippen molar-refractivity contribution in [3.63, 3.8) is 0 Å². The fourth-order valence-corrected chi connectivity index (χ4v) is 3.20. The Balaban J connectivity index is 1.64. The number of carbonyl (C=O) groups is 1. The number of carbonyl (C=O) groups excluding carboxylic acids is 1. The van der Waals surface area contributed by atoms with Crippen LogP contribution in [0, 0.1) is 0 Å². The molecule has 0 heterocycles. The first-order valence-corrected chi connectivity index (χ1v) is 7.67. The molecule has 2 aliphatic carbocycles. The first kappa shape index (κ1) is 14.6. The molecule has 0 unspecified atom stereocenters. The minimum atomic E-state index is 0.00776. The average molecular weight is 268 g/mol. The zero-order valence-corrected chi connectivity index (χ0v) is 12.0. The summed E-state index contributed by atoms with van der Waals surface area (Å²) in [5.41, 5.74) is 5.87. The van der Waals surface area contributed by atoms with Gasteiger partial charge >= 0.3 is 6.03 Å². The Labute approximate surface area is 116 Å². The summed E-state index contributed by atoms with van der Waals surface area (Å²) in [5.74, 6) is 0. The van der Waals surface area contributed by atoms with Crippen molar-refractivity contribution >= 4 is 6.03 Å². The van der Waals surface area contributed by atoms with Crippen molar-refractivity contribution in [3.05, 3.63) is 0 Å². The van der Waals surface area contributed by atoms with Gasteiger partial charge in [-0.25, -0.2) is 4.79 Å². The molecule has 2 fully saturated rings. The fourth-order valence-electron chi connectivity index (χ4n) is 3.20. The minimum Gasteiger partial charge on any atom is -0.335 e. The quantitative estimate of drug-likeness (QED) is 0.618. The van der Waals surface area contributed by atoms with E-state index in [0.717, 1.165) is 51.4 Å². The molecule has 0 aromatic heterocycles.